The van der Waals surface area contributed by atoms with Crippen molar-refractivity contribution >= 4 is 33.1 Å². The van der Waals surface area contributed by atoms with Crippen LogP contribution < -0.4 is 5.32 Å². The van der Waals surface area contributed by atoms with E-state index in [2.05, 4.69) is 15.3 Å². The van der Waals surface area contributed by atoms with Crippen molar-refractivity contribution in [2.45, 2.75) is 5.60 Å². The van der Waals surface area contributed by atoms with Crippen molar-refractivity contribution in [1.29, 1.82) is 0 Å². The van der Waals surface area contributed by atoms with Crippen molar-refractivity contribution in [1.82, 2.24) is 9.97 Å². The third-order valence-corrected chi connectivity index (χ3v) is 4.52. The smallest absolute Gasteiger partial charge is 0.151 e. The molecule has 0 aliphatic carbocycles. The molecule has 2 N–H and O–H groups in total. The summed E-state index contributed by atoms with van der Waals surface area (Å²) >= 11 is 1.61. The Morgan fingerprint density at radius 3 is 2.67 bits per heavy atom. The molecule has 0 spiro atoms. The third kappa shape index (κ3) is 2.17. The first-order valence-electron chi connectivity index (χ1n) is 6.60. The molecule has 0 unspecified atom stereocenters. The van der Waals surface area contributed by atoms with Crippen LogP contribution in [0.3, 0.4) is 0 Å². The first kappa shape index (κ1) is 12.7. The lowest BCUT2D eigenvalue weighted by Gasteiger charge is -2.36. The quantitative estimate of drug-likeness (QED) is 0.778. The number of anilines is 2. The number of hydrogen-bond acceptors (Lipinski definition) is 6. The van der Waals surface area contributed by atoms with Crippen molar-refractivity contribution in [2.24, 2.45) is 0 Å². The van der Waals surface area contributed by atoms with Gasteiger partial charge in [0.25, 0.3) is 0 Å². The topological polar surface area (TPSA) is 67.3 Å². The van der Waals surface area contributed by atoms with Crippen LogP contribution in [-0.4, -0.2) is 28.3 Å². The predicted octanol–water partition coefficient (Wildman–Crippen LogP) is 2.65. The summed E-state index contributed by atoms with van der Waals surface area (Å²) in [6.45, 7) is 0.725. The Morgan fingerprint density at radius 1 is 1.14 bits per heavy atom. The van der Waals surface area contributed by atoms with Gasteiger partial charge < -0.3 is 15.2 Å². The van der Waals surface area contributed by atoms with Crippen LogP contribution in [0.15, 0.2) is 42.0 Å². The average molecular weight is 299 g/mol. The minimum atomic E-state index is -0.825. The highest BCUT2D eigenvalue weighted by atomic mass is 32.1. The molecule has 3 aromatic rings. The SMILES string of the molecule is OC1(c2ccc(Nc3ncnc4ccsc34)cc2)COC1. The zero-order valence-electron chi connectivity index (χ0n) is 11.1. The first-order valence-corrected chi connectivity index (χ1v) is 7.48. The maximum absolute atomic E-state index is 10.2. The lowest BCUT2D eigenvalue weighted by molar-refractivity contribution is -0.184. The summed E-state index contributed by atoms with van der Waals surface area (Å²) in [4.78, 5) is 8.51. The van der Waals surface area contributed by atoms with Crippen LogP contribution in [0, 0.1) is 0 Å². The number of benzene rings is 1. The monoisotopic (exact) mass is 299 g/mol. The second-order valence-corrected chi connectivity index (χ2v) is 6.00. The molecular weight excluding hydrogens is 286 g/mol. The highest BCUT2D eigenvalue weighted by Crippen LogP contribution is 2.31. The summed E-state index contributed by atoms with van der Waals surface area (Å²) in [5.41, 5.74) is 1.92. The Kier molecular flexibility index (Phi) is 2.88. The van der Waals surface area contributed by atoms with Crippen LogP contribution in [0.25, 0.3) is 10.2 Å². The van der Waals surface area contributed by atoms with Crippen molar-refractivity contribution in [3.05, 3.63) is 47.6 Å². The molecule has 3 heterocycles. The summed E-state index contributed by atoms with van der Waals surface area (Å²) in [7, 11) is 0. The number of nitrogens with one attached hydrogen (secondary N) is 1. The average Bonchev–Trinajstić information content (AvgIpc) is 2.95. The third-order valence-electron chi connectivity index (χ3n) is 3.61. The van der Waals surface area contributed by atoms with Gasteiger partial charge in [-0.3, -0.25) is 0 Å². The largest absolute Gasteiger partial charge is 0.380 e. The van der Waals surface area contributed by atoms with Gasteiger partial charge >= 0.3 is 0 Å². The molecule has 6 heteroatoms. The van der Waals surface area contributed by atoms with E-state index in [-0.39, 0.29) is 0 Å². The van der Waals surface area contributed by atoms with E-state index in [4.69, 9.17) is 4.74 Å². The Balaban J connectivity index is 1.61. The second-order valence-electron chi connectivity index (χ2n) is 5.08. The second kappa shape index (κ2) is 4.77. The number of thiophene rings is 1. The Morgan fingerprint density at radius 2 is 1.95 bits per heavy atom. The molecule has 1 aliphatic rings. The minimum Gasteiger partial charge on any atom is -0.380 e. The molecular formula is C15H13N3O2S. The molecule has 1 aromatic carbocycles. The van der Waals surface area contributed by atoms with Gasteiger partial charge in [0.15, 0.2) is 5.82 Å². The van der Waals surface area contributed by atoms with E-state index in [1.165, 1.54) is 0 Å². The van der Waals surface area contributed by atoms with Gasteiger partial charge in [0.05, 0.1) is 23.4 Å². The van der Waals surface area contributed by atoms with Gasteiger partial charge in [-0.2, -0.15) is 0 Å². The number of nitrogens with zero attached hydrogens (tertiary/aromatic N) is 2. The van der Waals surface area contributed by atoms with Crippen LogP contribution >= 0.6 is 11.3 Å². The maximum Gasteiger partial charge on any atom is 0.151 e. The van der Waals surface area contributed by atoms with Gasteiger partial charge in [-0.05, 0) is 29.1 Å². The molecule has 1 saturated heterocycles. The fraction of sp³-hybridized carbons (Fsp3) is 0.200. The highest BCUT2D eigenvalue weighted by molar-refractivity contribution is 7.17. The van der Waals surface area contributed by atoms with Crippen LogP contribution in [0.1, 0.15) is 5.56 Å². The van der Waals surface area contributed by atoms with E-state index in [0.717, 1.165) is 27.3 Å². The van der Waals surface area contributed by atoms with Crippen LogP contribution in [0.4, 0.5) is 11.5 Å². The summed E-state index contributed by atoms with van der Waals surface area (Å²) in [6, 6.07) is 9.68. The Bertz CT molecular complexity index is 781. The molecule has 0 atom stereocenters. The summed E-state index contributed by atoms with van der Waals surface area (Å²) in [6.07, 6.45) is 1.56. The van der Waals surface area contributed by atoms with Crippen LogP contribution in [-0.2, 0) is 10.3 Å². The molecule has 0 saturated carbocycles. The van der Waals surface area contributed by atoms with Gasteiger partial charge in [-0.15, -0.1) is 11.3 Å². The van der Waals surface area contributed by atoms with Crippen molar-refractivity contribution in [3.63, 3.8) is 0 Å². The molecule has 0 bridgehead atoms. The molecule has 2 aromatic heterocycles. The molecule has 1 fully saturated rings. The molecule has 0 amide bonds. The van der Waals surface area contributed by atoms with E-state index in [1.54, 1.807) is 17.7 Å². The summed E-state index contributed by atoms with van der Waals surface area (Å²) < 4.78 is 6.11. The van der Waals surface area contributed by atoms with Crippen LogP contribution in [0.2, 0.25) is 0 Å². The highest BCUT2D eigenvalue weighted by Gasteiger charge is 2.37. The number of rotatable bonds is 3. The summed E-state index contributed by atoms with van der Waals surface area (Å²) in [5, 5.41) is 15.5. The van der Waals surface area contributed by atoms with E-state index in [9.17, 15) is 5.11 Å². The van der Waals surface area contributed by atoms with E-state index in [1.807, 2.05) is 35.7 Å². The molecule has 106 valence electrons. The molecule has 21 heavy (non-hydrogen) atoms. The zero-order valence-corrected chi connectivity index (χ0v) is 11.9. The molecule has 5 nitrogen and oxygen atoms in total. The Labute approximate surface area is 125 Å². The molecule has 0 radical (unpaired) electrons. The fourth-order valence-electron chi connectivity index (χ4n) is 2.34. The number of aromatic nitrogens is 2. The maximum atomic E-state index is 10.2. The van der Waals surface area contributed by atoms with Gasteiger partial charge in [0.1, 0.15) is 11.9 Å². The standard InChI is InChI=1S/C15H13N3O2S/c19-15(7-20-8-15)10-1-3-11(4-2-10)18-14-13-12(5-6-21-13)16-9-17-14/h1-6,9,19H,7-8H2,(H,16,17,18). The first-order chi connectivity index (χ1) is 10.2. The molecule has 4 rings (SSSR count). The van der Waals surface area contributed by atoms with E-state index in [0.29, 0.717) is 13.2 Å². The predicted molar refractivity (Wildman–Crippen MR) is 81.9 cm³/mol. The van der Waals surface area contributed by atoms with Gasteiger partial charge in [0, 0.05) is 5.69 Å². The van der Waals surface area contributed by atoms with E-state index >= 15 is 0 Å². The minimum absolute atomic E-state index is 0.363. The number of fused-ring (bicyclic) bond motifs is 1. The number of aliphatic hydroxyl groups is 1. The lowest BCUT2D eigenvalue weighted by Crippen LogP contribution is -2.46. The normalized spacial score (nSPS) is 16.6. The fourth-order valence-corrected chi connectivity index (χ4v) is 3.13. The van der Waals surface area contributed by atoms with Crippen molar-refractivity contribution in [3.8, 4) is 0 Å². The van der Waals surface area contributed by atoms with E-state index < -0.39 is 5.60 Å². The number of ether oxygens (including phenoxy) is 1. The Hall–Kier alpha value is -2.02. The van der Waals surface area contributed by atoms with Gasteiger partial charge in [0.2, 0.25) is 0 Å². The summed E-state index contributed by atoms with van der Waals surface area (Å²) in [5.74, 6) is 0.799. The van der Waals surface area contributed by atoms with Gasteiger partial charge in [-0.25, -0.2) is 9.97 Å². The van der Waals surface area contributed by atoms with Gasteiger partial charge in [-0.1, -0.05) is 12.1 Å². The van der Waals surface area contributed by atoms with Crippen molar-refractivity contribution in [2.75, 3.05) is 18.5 Å². The lowest BCUT2D eigenvalue weighted by atomic mass is 9.92. The van der Waals surface area contributed by atoms with Crippen molar-refractivity contribution < 1.29 is 9.84 Å². The zero-order chi connectivity index (χ0) is 14.3. The number of hydrogen-bond donors (Lipinski definition) is 2. The van der Waals surface area contributed by atoms with Crippen LogP contribution in [0.5, 0.6) is 0 Å². The molecule has 1 aliphatic heterocycles.